The first kappa shape index (κ1) is 9.24. The summed E-state index contributed by atoms with van der Waals surface area (Å²) >= 11 is 0. The lowest BCUT2D eigenvalue weighted by Gasteiger charge is -2.11. The van der Waals surface area contributed by atoms with Gasteiger partial charge in [-0.2, -0.15) is 0 Å². The Morgan fingerprint density at radius 1 is 1.42 bits per heavy atom. The molecule has 0 spiro atoms. The van der Waals surface area contributed by atoms with E-state index in [0.29, 0.717) is 5.92 Å². The van der Waals surface area contributed by atoms with Crippen molar-refractivity contribution in [1.82, 2.24) is 4.98 Å². The molecule has 0 N–H and O–H groups in total. The summed E-state index contributed by atoms with van der Waals surface area (Å²) in [4.78, 5) is 4.39. The van der Waals surface area contributed by atoms with E-state index in [1.165, 1.54) is 16.8 Å². The van der Waals surface area contributed by atoms with Gasteiger partial charge in [0, 0.05) is 11.9 Å². The molecule has 0 saturated heterocycles. The Balaban J connectivity index is 3.14. The fourth-order valence-electron chi connectivity index (χ4n) is 1.56. The summed E-state index contributed by atoms with van der Waals surface area (Å²) in [5.41, 5.74) is 4.04. The maximum Gasteiger partial charge on any atom is 0.0460 e. The SMILES string of the molecule is CCc1ccnc(C(C)C)c1C. The van der Waals surface area contributed by atoms with Gasteiger partial charge in [-0.15, -0.1) is 0 Å². The van der Waals surface area contributed by atoms with Crippen molar-refractivity contribution in [3.05, 3.63) is 29.1 Å². The highest BCUT2D eigenvalue weighted by Gasteiger charge is 2.06. The second-order valence-electron chi connectivity index (χ2n) is 3.49. The fourth-order valence-corrected chi connectivity index (χ4v) is 1.56. The molecule has 12 heavy (non-hydrogen) atoms. The van der Waals surface area contributed by atoms with Crippen LogP contribution in [0.5, 0.6) is 0 Å². The lowest BCUT2D eigenvalue weighted by Crippen LogP contribution is -1.99. The number of rotatable bonds is 2. The van der Waals surface area contributed by atoms with E-state index in [4.69, 9.17) is 0 Å². The summed E-state index contributed by atoms with van der Waals surface area (Å²) in [6.45, 7) is 8.73. The van der Waals surface area contributed by atoms with Gasteiger partial charge in [0.25, 0.3) is 0 Å². The van der Waals surface area contributed by atoms with Crippen molar-refractivity contribution < 1.29 is 0 Å². The van der Waals surface area contributed by atoms with Crippen molar-refractivity contribution in [3.8, 4) is 0 Å². The number of aryl methyl sites for hydroxylation is 1. The Morgan fingerprint density at radius 3 is 2.58 bits per heavy atom. The van der Waals surface area contributed by atoms with Gasteiger partial charge in [0.15, 0.2) is 0 Å². The minimum atomic E-state index is 0.538. The zero-order valence-corrected chi connectivity index (χ0v) is 8.39. The van der Waals surface area contributed by atoms with Crippen LogP contribution in [0, 0.1) is 6.92 Å². The highest BCUT2D eigenvalue weighted by atomic mass is 14.7. The lowest BCUT2D eigenvalue weighted by molar-refractivity contribution is 0.804. The van der Waals surface area contributed by atoms with E-state index in [1.54, 1.807) is 0 Å². The van der Waals surface area contributed by atoms with Crippen LogP contribution in [0.1, 0.15) is 43.5 Å². The molecule has 1 aromatic heterocycles. The number of nitrogens with zero attached hydrogens (tertiary/aromatic N) is 1. The van der Waals surface area contributed by atoms with Crippen LogP contribution in [0.3, 0.4) is 0 Å². The van der Waals surface area contributed by atoms with E-state index in [0.717, 1.165) is 6.42 Å². The first-order chi connectivity index (χ1) is 5.66. The molecule has 0 aliphatic heterocycles. The van der Waals surface area contributed by atoms with E-state index in [-0.39, 0.29) is 0 Å². The maximum absolute atomic E-state index is 4.39. The predicted molar refractivity (Wildman–Crippen MR) is 52.4 cm³/mol. The largest absolute Gasteiger partial charge is 0.261 e. The first-order valence-corrected chi connectivity index (χ1v) is 4.61. The monoisotopic (exact) mass is 163 g/mol. The van der Waals surface area contributed by atoms with Crippen LogP contribution in [-0.2, 0) is 6.42 Å². The summed E-state index contributed by atoms with van der Waals surface area (Å²) in [6, 6.07) is 2.11. The molecular weight excluding hydrogens is 146 g/mol. The van der Waals surface area contributed by atoms with Crippen molar-refractivity contribution in [2.75, 3.05) is 0 Å². The van der Waals surface area contributed by atoms with E-state index < -0.39 is 0 Å². The molecule has 0 aromatic carbocycles. The summed E-state index contributed by atoms with van der Waals surface area (Å²) in [6.07, 6.45) is 3.02. The van der Waals surface area contributed by atoms with E-state index >= 15 is 0 Å². The zero-order chi connectivity index (χ0) is 9.14. The van der Waals surface area contributed by atoms with Crippen LogP contribution in [0.25, 0.3) is 0 Å². The molecule has 1 aromatic rings. The van der Waals surface area contributed by atoms with Gasteiger partial charge < -0.3 is 0 Å². The first-order valence-electron chi connectivity index (χ1n) is 4.61. The number of pyridine rings is 1. The normalized spacial score (nSPS) is 10.8. The third-order valence-corrected chi connectivity index (χ3v) is 2.28. The summed E-state index contributed by atoms with van der Waals surface area (Å²) in [7, 11) is 0. The van der Waals surface area contributed by atoms with Crippen molar-refractivity contribution in [1.29, 1.82) is 0 Å². The van der Waals surface area contributed by atoms with Crippen LogP contribution < -0.4 is 0 Å². The van der Waals surface area contributed by atoms with Gasteiger partial charge in [-0.1, -0.05) is 20.8 Å². The minimum absolute atomic E-state index is 0.538. The molecule has 0 bridgehead atoms. The molecule has 66 valence electrons. The Kier molecular flexibility index (Phi) is 2.85. The van der Waals surface area contributed by atoms with E-state index in [2.05, 4.69) is 38.7 Å². The lowest BCUT2D eigenvalue weighted by atomic mass is 9.99. The number of hydrogen-bond acceptors (Lipinski definition) is 1. The van der Waals surface area contributed by atoms with E-state index in [1.807, 2.05) is 6.20 Å². The van der Waals surface area contributed by atoms with Crippen LogP contribution >= 0.6 is 0 Å². The standard InChI is InChI=1S/C11H17N/c1-5-10-6-7-12-11(8(2)3)9(10)4/h6-8H,5H2,1-4H3. The smallest absolute Gasteiger partial charge is 0.0460 e. The molecule has 0 atom stereocenters. The Labute approximate surface area is 74.8 Å². The molecule has 0 aliphatic rings. The van der Waals surface area contributed by atoms with Gasteiger partial charge in [0.2, 0.25) is 0 Å². The minimum Gasteiger partial charge on any atom is -0.261 e. The molecule has 1 heterocycles. The molecule has 0 radical (unpaired) electrons. The second-order valence-corrected chi connectivity index (χ2v) is 3.49. The van der Waals surface area contributed by atoms with Gasteiger partial charge in [-0.3, -0.25) is 4.98 Å². The molecule has 0 aliphatic carbocycles. The average Bonchev–Trinajstić information content (AvgIpc) is 2.04. The molecule has 1 heteroatoms. The van der Waals surface area contributed by atoms with Crippen LogP contribution in [0.4, 0.5) is 0 Å². The fraction of sp³-hybridized carbons (Fsp3) is 0.545. The molecule has 0 unspecified atom stereocenters. The molecule has 1 rings (SSSR count). The van der Waals surface area contributed by atoms with Gasteiger partial charge in [-0.05, 0) is 36.5 Å². The van der Waals surface area contributed by atoms with Crippen molar-refractivity contribution in [3.63, 3.8) is 0 Å². The molecule has 0 fully saturated rings. The third kappa shape index (κ3) is 1.66. The highest BCUT2D eigenvalue weighted by Crippen LogP contribution is 2.19. The number of aromatic nitrogens is 1. The highest BCUT2D eigenvalue weighted by molar-refractivity contribution is 5.30. The van der Waals surface area contributed by atoms with Gasteiger partial charge in [0.1, 0.15) is 0 Å². The van der Waals surface area contributed by atoms with Crippen LogP contribution in [0.2, 0.25) is 0 Å². The quantitative estimate of drug-likeness (QED) is 0.653. The summed E-state index contributed by atoms with van der Waals surface area (Å²) in [5.74, 6) is 0.538. The zero-order valence-electron chi connectivity index (χ0n) is 8.39. The van der Waals surface area contributed by atoms with Crippen molar-refractivity contribution in [2.45, 2.75) is 40.0 Å². The average molecular weight is 163 g/mol. The maximum atomic E-state index is 4.39. The van der Waals surface area contributed by atoms with Crippen LogP contribution in [0.15, 0.2) is 12.3 Å². The Hall–Kier alpha value is -0.850. The van der Waals surface area contributed by atoms with Gasteiger partial charge in [-0.25, -0.2) is 0 Å². The number of hydrogen-bond donors (Lipinski definition) is 0. The molecule has 1 nitrogen and oxygen atoms in total. The molecule has 0 saturated carbocycles. The Morgan fingerprint density at radius 2 is 2.08 bits per heavy atom. The molecule has 0 amide bonds. The van der Waals surface area contributed by atoms with Gasteiger partial charge >= 0.3 is 0 Å². The third-order valence-electron chi connectivity index (χ3n) is 2.28. The van der Waals surface area contributed by atoms with Crippen molar-refractivity contribution in [2.24, 2.45) is 0 Å². The predicted octanol–water partition coefficient (Wildman–Crippen LogP) is 3.08. The molecular formula is C11H17N. The van der Waals surface area contributed by atoms with Gasteiger partial charge in [0.05, 0.1) is 0 Å². The van der Waals surface area contributed by atoms with E-state index in [9.17, 15) is 0 Å². The topological polar surface area (TPSA) is 12.9 Å². The Bertz CT molecular complexity index is 264. The summed E-state index contributed by atoms with van der Waals surface area (Å²) in [5, 5.41) is 0. The van der Waals surface area contributed by atoms with Crippen LogP contribution in [-0.4, -0.2) is 4.98 Å². The second kappa shape index (κ2) is 3.70. The summed E-state index contributed by atoms with van der Waals surface area (Å²) < 4.78 is 0. The van der Waals surface area contributed by atoms with Crippen molar-refractivity contribution >= 4 is 0 Å².